The van der Waals surface area contributed by atoms with E-state index in [4.69, 9.17) is 0 Å². The lowest BCUT2D eigenvalue weighted by Gasteiger charge is -2.33. The molecule has 1 amide bonds. The van der Waals surface area contributed by atoms with Gasteiger partial charge in [0.2, 0.25) is 5.91 Å². The molecule has 2 fully saturated rings. The van der Waals surface area contributed by atoms with Gasteiger partial charge in [0, 0.05) is 32.6 Å². The Morgan fingerprint density at radius 3 is 3.05 bits per heavy atom. The Bertz CT molecular complexity index is 489. The first-order chi connectivity index (χ1) is 9.65. The summed E-state index contributed by atoms with van der Waals surface area (Å²) in [5, 5.41) is 20.7. The lowest BCUT2D eigenvalue weighted by atomic mass is 9.96. The predicted molar refractivity (Wildman–Crippen MR) is 72.0 cm³/mol. The number of piperidine rings is 1. The van der Waals surface area contributed by atoms with Crippen LogP contribution in [-0.4, -0.2) is 62.5 Å². The highest BCUT2D eigenvalue weighted by Crippen LogP contribution is 2.26. The van der Waals surface area contributed by atoms with Crippen molar-refractivity contribution < 1.29 is 9.90 Å². The molecular weight excluding hydrogens is 258 g/mol. The van der Waals surface area contributed by atoms with Gasteiger partial charge >= 0.3 is 0 Å². The molecule has 3 atom stereocenters. The number of amides is 1. The van der Waals surface area contributed by atoms with Crippen LogP contribution < -0.4 is 5.32 Å². The molecule has 0 aliphatic carbocycles. The molecule has 0 aromatic carbocycles. The zero-order chi connectivity index (χ0) is 14.1. The summed E-state index contributed by atoms with van der Waals surface area (Å²) in [4.78, 5) is 14.4. The Kier molecular flexibility index (Phi) is 3.71. The Labute approximate surface area is 118 Å². The summed E-state index contributed by atoms with van der Waals surface area (Å²) < 4.78 is 1.93. The normalized spacial score (nSPS) is 30.7. The van der Waals surface area contributed by atoms with E-state index in [1.807, 2.05) is 16.5 Å². The standard InChI is InChI=1S/C13H21N5O2/c1-17-8-15-16-12(17)9-3-2-4-18(7-9)13(20)11-5-10(19)6-14-11/h8-11,14,19H,2-7H2,1H3. The first kappa shape index (κ1) is 13.5. The van der Waals surface area contributed by atoms with E-state index < -0.39 is 6.10 Å². The molecule has 1 aromatic heterocycles. The molecule has 2 aliphatic heterocycles. The Morgan fingerprint density at radius 2 is 2.40 bits per heavy atom. The molecule has 0 radical (unpaired) electrons. The second kappa shape index (κ2) is 5.49. The summed E-state index contributed by atoms with van der Waals surface area (Å²) in [7, 11) is 1.94. The van der Waals surface area contributed by atoms with Gasteiger partial charge in [-0.3, -0.25) is 4.79 Å². The minimum absolute atomic E-state index is 0.105. The highest BCUT2D eigenvalue weighted by Gasteiger charge is 2.34. The largest absolute Gasteiger partial charge is 0.392 e. The van der Waals surface area contributed by atoms with E-state index in [0.29, 0.717) is 19.5 Å². The van der Waals surface area contributed by atoms with Crippen LogP contribution in [0.1, 0.15) is 31.0 Å². The molecule has 2 aliphatic rings. The minimum Gasteiger partial charge on any atom is -0.392 e. The number of aromatic nitrogens is 3. The number of hydrogen-bond acceptors (Lipinski definition) is 5. The van der Waals surface area contributed by atoms with E-state index in [-0.39, 0.29) is 17.9 Å². The topological polar surface area (TPSA) is 83.3 Å². The van der Waals surface area contributed by atoms with Crippen LogP contribution >= 0.6 is 0 Å². The number of aliphatic hydroxyl groups excluding tert-OH is 1. The predicted octanol–water partition coefficient (Wildman–Crippen LogP) is -0.756. The molecular formula is C13H21N5O2. The van der Waals surface area contributed by atoms with Crippen molar-refractivity contribution in [1.82, 2.24) is 25.0 Å². The molecule has 2 saturated heterocycles. The molecule has 3 heterocycles. The fourth-order valence-corrected chi connectivity index (χ4v) is 3.18. The fourth-order valence-electron chi connectivity index (χ4n) is 3.18. The number of nitrogens with zero attached hydrogens (tertiary/aromatic N) is 4. The van der Waals surface area contributed by atoms with E-state index in [9.17, 15) is 9.90 Å². The van der Waals surface area contributed by atoms with Gasteiger partial charge in [0.1, 0.15) is 12.2 Å². The molecule has 1 aromatic rings. The molecule has 7 nitrogen and oxygen atoms in total. The maximum absolute atomic E-state index is 12.5. The number of aliphatic hydroxyl groups is 1. The molecule has 7 heteroatoms. The van der Waals surface area contributed by atoms with E-state index in [1.165, 1.54) is 0 Å². The fraction of sp³-hybridized carbons (Fsp3) is 0.769. The molecule has 0 saturated carbocycles. The number of β-amino-alcohol motifs (C(OH)–C–C–N with tert-alkyl or cyclic N) is 1. The van der Waals surface area contributed by atoms with Crippen molar-refractivity contribution in [3.8, 4) is 0 Å². The van der Waals surface area contributed by atoms with Crippen LogP contribution in [0, 0.1) is 0 Å². The van der Waals surface area contributed by atoms with Crippen molar-refractivity contribution in [3.63, 3.8) is 0 Å². The van der Waals surface area contributed by atoms with Gasteiger partial charge in [-0.1, -0.05) is 0 Å². The number of hydrogen-bond donors (Lipinski definition) is 2. The summed E-state index contributed by atoms with van der Waals surface area (Å²) >= 11 is 0. The smallest absolute Gasteiger partial charge is 0.239 e. The first-order valence-corrected chi connectivity index (χ1v) is 7.19. The average Bonchev–Trinajstić information content (AvgIpc) is 3.07. The van der Waals surface area contributed by atoms with Crippen molar-refractivity contribution in [1.29, 1.82) is 0 Å². The summed E-state index contributed by atoms with van der Waals surface area (Å²) in [6, 6.07) is -0.233. The molecule has 110 valence electrons. The molecule has 0 bridgehead atoms. The third-order valence-corrected chi connectivity index (χ3v) is 4.25. The number of aryl methyl sites for hydroxylation is 1. The maximum Gasteiger partial charge on any atom is 0.239 e. The van der Waals surface area contributed by atoms with Crippen molar-refractivity contribution in [2.75, 3.05) is 19.6 Å². The van der Waals surface area contributed by atoms with Crippen LogP contribution in [0.4, 0.5) is 0 Å². The third-order valence-electron chi connectivity index (χ3n) is 4.25. The third kappa shape index (κ3) is 2.55. The minimum atomic E-state index is -0.400. The molecule has 0 spiro atoms. The van der Waals surface area contributed by atoms with Gasteiger partial charge in [-0.15, -0.1) is 10.2 Å². The van der Waals surface area contributed by atoms with Crippen LogP contribution in [-0.2, 0) is 11.8 Å². The summed E-state index contributed by atoms with van der Waals surface area (Å²) in [5.74, 6) is 1.31. The van der Waals surface area contributed by atoms with Gasteiger partial charge < -0.3 is 19.9 Å². The van der Waals surface area contributed by atoms with Crippen LogP contribution in [0.15, 0.2) is 6.33 Å². The molecule has 20 heavy (non-hydrogen) atoms. The number of likely N-dealkylation sites (tertiary alicyclic amines) is 1. The van der Waals surface area contributed by atoms with Crippen LogP contribution in [0.5, 0.6) is 0 Å². The van der Waals surface area contributed by atoms with E-state index in [1.54, 1.807) is 6.33 Å². The summed E-state index contributed by atoms with van der Waals surface area (Å²) in [5.41, 5.74) is 0. The van der Waals surface area contributed by atoms with E-state index in [2.05, 4.69) is 15.5 Å². The van der Waals surface area contributed by atoms with Crippen LogP contribution in [0.2, 0.25) is 0 Å². The highest BCUT2D eigenvalue weighted by molar-refractivity contribution is 5.82. The van der Waals surface area contributed by atoms with Crippen molar-refractivity contribution in [2.45, 2.75) is 37.3 Å². The van der Waals surface area contributed by atoms with E-state index >= 15 is 0 Å². The lowest BCUT2D eigenvalue weighted by Crippen LogP contribution is -2.47. The monoisotopic (exact) mass is 279 g/mol. The number of carbonyl (C=O) groups is 1. The van der Waals surface area contributed by atoms with Gasteiger partial charge in [-0.2, -0.15) is 0 Å². The highest BCUT2D eigenvalue weighted by atomic mass is 16.3. The van der Waals surface area contributed by atoms with Gasteiger partial charge in [0.15, 0.2) is 0 Å². The summed E-state index contributed by atoms with van der Waals surface area (Å²) in [6.45, 7) is 2.00. The molecule has 2 N–H and O–H groups in total. The lowest BCUT2D eigenvalue weighted by molar-refractivity contribution is -0.134. The zero-order valence-electron chi connectivity index (χ0n) is 11.7. The van der Waals surface area contributed by atoms with Crippen LogP contribution in [0.25, 0.3) is 0 Å². The Balaban J connectivity index is 1.66. The number of carbonyl (C=O) groups excluding carboxylic acids is 1. The zero-order valence-corrected chi connectivity index (χ0v) is 11.7. The second-order valence-corrected chi connectivity index (χ2v) is 5.77. The number of rotatable bonds is 2. The SMILES string of the molecule is Cn1cnnc1C1CCCN(C(=O)C2CC(O)CN2)C1. The van der Waals surface area contributed by atoms with Gasteiger partial charge in [-0.05, 0) is 19.3 Å². The average molecular weight is 279 g/mol. The van der Waals surface area contributed by atoms with Crippen molar-refractivity contribution >= 4 is 5.91 Å². The summed E-state index contributed by atoms with van der Waals surface area (Å²) in [6.07, 6.45) is 3.84. The maximum atomic E-state index is 12.5. The quantitative estimate of drug-likeness (QED) is 0.744. The van der Waals surface area contributed by atoms with E-state index in [0.717, 1.165) is 25.2 Å². The molecule has 3 rings (SSSR count). The second-order valence-electron chi connectivity index (χ2n) is 5.77. The first-order valence-electron chi connectivity index (χ1n) is 7.19. The molecule has 3 unspecified atom stereocenters. The van der Waals surface area contributed by atoms with Gasteiger partial charge in [0.05, 0.1) is 12.1 Å². The number of nitrogens with one attached hydrogen (secondary N) is 1. The van der Waals surface area contributed by atoms with Gasteiger partial charge in [-0.25, -0.2) is 0 Å². The van der Waals surface area contributed by atoms with Gasteiger partial charge in [0.25, 0.3) is 0 Å². The van der Waals surface area contributed by atoms with Crippen LogP contribution in [0.3, 0.4) is 0 Å². The Hall–Kier alpha value is -1.47. The van der Waals surface area contributed by atoms with Crippen molar-refractivity contribution in [2.24, 2.45) is 7.05 Å². The van der Waals surface area contributed by atoms with Crippen molar-refractivity contribution in [3.05, 3.63) is 12.2 Å². The Morgan fingerprint density at radius 1 is 1.55 bits per heavy atom.